The molecule has 6 heteroatoms. The zero-order valence-corrected chi connectivity index (χ0v) is 34.0. The highest BCUT2D eigenvalue weighted by Crippen LogP contribution is 2.46. The van der Waals surface area contributed by atoms with Gasteiger partial charge in [0.2, 0.25) is 5.95 Å². The molecule has 0 saturated heterocycles. The second kappa shape index (κ2) is 14.0. The fraction of sp³-hybridized carbons (Fsp3) is 0. The highest BCUT2D eigenvalue weighted by Gasteiger charge is 2.27. The Morgan fingerprint density at radius 1 is 0.286 bits per heavy atom. The van der Waals surface area contributed by atoms with E-state index in [2.05, 4.69) is 196 Å². The molecule has 0 atom stereocenters. The zero-order valence-electron chi connectivity index (χ0n) is 34.0. The second-order valence-corrected chi connectivity index (χ2v) is 16.0. The van der Waals surface area contributed by atoms with E-state index in [1.807, 2.05) is 36.4 Å². The van der Waals surface area contributed by atoms with Crippen LogP contribution in [0.15, 0.2) is 218 Å². The predicted octanol–water partition coefficient (Wildman–Crippen LogP) is 14.2. The van der Waals surface area contributed by atoms with Gasteiger partial charge in [-0.3, -0.25) is 4.57 Å². The smallest absolute Gasteiger partial charge is 0.238 e. The van der Waals surface area contributed by atoms with Crippen molar-refractivity contribution < 1.29 is 0 Å². The van der Waals surface area contributed by atoms with Crippen LogP contribution in [-0.2, 0) is 0 Å². The molecule has 13 aromatic rings. The van der Waals surface area contributed by atoms with Crippen molar-refractivity contribution in [3.63, 3.8) is 0 Å². The van der Waals surface area contributed by atoms with Crippen molar-refractivity contribution in [1.29, 1.82) is 0 Å². The van der Waals surface area contributed by atoms with E-state index in [1.165, 1.54) is 21.7 Å². The van der Waals surface area contributed by atoms with Gasteiger partial charge < -0.3 is 9.13 Å². The third-order valence-corrected chi connectivity index (χ3v) is 12.5. The van der Waals surface area contributed by atoms with Gasteiger partial charge in [-0.2, -0.15) is 9.97 Å². The molecule has 63 heavy (non-hydrogen) atoms. The molecule has 13 rings (SSSR count). The Balaban J connectivity index is 1.25. The summed E-state index contributed by atoms with van der Waals surface area (Å²) >= 11 is 0. The summed E-state index contributed by atoms with van der Waals surface area (Å²) in [5.74, 6) is 1.76. The van der Waals surface area contributed by atoms with Crippen molar-refractivity contribution in [1.82, 2.24) is 28.7 Å². The summed E-state index contributed by atoms with van der Waals surface area (Å²) in [5.41, 5.74) is 12.8. The predicted molar refractivity (Wildman–Crippen MR) is 259 cm³/mol. The Hall–Kier alpha value is -8.61. The maximum Gasteiger partial charge on any atom is 0.238 e. The molecule has 0 saturated carbocycles. The molecule has 0 fully saturated rings. The fourth-order valence-corrected chi connectivity index (χ4v) is 9.77. The molecule has 294 valence electrons. The van der Waals surface area contributed by atoms with Gasteiger partial charge in [-0.1, -0.05) is 176 Å². The van der Waals surface area contributed by atoms with Crippen LogP contribution in [0.25, 0.3) is 117 Å². The van der Waals surface area contributed by atoms with Crippen LogP contribution in [0.4, 0.5) is 0 Å². The van der Waals surface area contributed by atoms with Crippen molar-refractivity contribution in [3.05, 3.63) is 218 Å². The summed E-state index contributed by atoms with van der Waals surface area (Å²) < 4.78 is 7.19. The average Bonchev–Trinajstić information content (AvgIpc) is 4.01. The van der Waals surface area contributed by atoms with E-state index >= 15 is 0 Å². The van der Waals surface area contributed by atoms with Crippen LogP contribution in [0.5, 0.6) is 0 Å². The van der Waals surface area contributed by atoms with Crippen molar-refractivity contribution in [2.45, 2.75) is 0 Å². The molecule has 6 nitrogen and oxygen atoms in total. The lowest BCUT2D eigenvalue weighted by Crippen LogP contribution is -2.08. The third-order valence-electron chi connectivity index (χ3n) is 12.5. The minimum Gasteiger partial charge on any atom is -0.309 e. The molecule has 0 spiro atoms. The van der Waals surface area contributed by atoms with Crippen molar-refractivity contribution in [2.24, 2.45) is 0 Å². The summed E-state index contributed by atoms with van der Waals surface area (Å²) in [6.45, 7) is 0. The van der Waals surface area contributed by atoms with E-state index in [4.69, 9.17) is 15.0 Å². The molecular formula is C57H36N6. The molecule has 4 aromatic heterocycles. The fourth-order valence-electron chi connectivity index (χ4n) is 9.77. The molecule has 0 bridgehead atoms. The van der Waals surface area contributed by atoms with Gasteiger partial charge in [-0.05, 0) is 53.6 Å². The Morgan fingerprint density at radius 2 is 0.730 bits per heavy atom. The van der Waals surface area contributed by atoms with E-state index in [1.54, 1.807) is 0 Å². The first-order valence-electron chi connectivity index (χ1n) is 21.3. The molecular weight excluding hydrogens is 769 g/mol. The van der Waals surface area contributed by atoms with Crippen molar-refractivity contribution in [3.8, 4) is 51.2 Å². The number of benzene rings is 9. The maximum atomic E-state index is 5.39. The molecule has 4 heterocycles. The maximum absolute atomic E-state index is 5.39. The highest BCUT2D eigenvalue weighted by atomic mass is 15.2. The molecule has 0 aliphatic carbocycles. The van der Waals surface area contributed by atoms with Crippen LogP contribution in [-0.4, -0.2) is 28.7 Å². The number of aromatic nitrogens is 6. The third kappa shape index (κ3) is 5.41. The summed E-state index contributed by atoms with van der Waals surface area (Å²) in [7, 11) is 0. The molecule has 0 aliphatic rings. The van der Waals surface area contributed by atoms with Gasteiger partial charge in [0.25, 0.3) is 0 Å². The minimum atomic E-state index is 0.545. The molecule has 0 N–H and O–H groups in total. The first kappa shape index (κ1) is 35.2. The van der Waals surface area contributed by atoms with Gasteiger partial charge in [-0.25, -0.2) is 4.98 Å². The molecule has 9 aromatic carbocycles. The Morgan fingerprint density at radius 3 is 1.30 bits per heavy atom. The van der Waals surface area contributed by atoms with Crippen molar-refractivity contribution >= 4 is 65.4 Å². The summed E-state index contributed by atoms with van der Waals surface area (Å²) in [6.07, 6.45) is 0. The lowest BCUT2D eigenvalue weighted by molar-refractivity contribution is 0.950. The van der Waals surface area contributed by atoms with Crippen LogP contribution >= 0.6 is 0 Å². The Labute approximate surface area is 362 Å². The number of fused-ring (bicyclic) bond motifs is 10. The number of para-hydroxylation sites is 4. The lowest BCUT2D eigenvalue weighted by atomic mass is 10.0. The normalized spacial score (nSPS) is 11.8. The minimum absolute atomic E-state index is 0.545. The number of hydrogen-bond acceptors (Lipinski definition) is 3. The monoisotopic (exact) mass is 804 g/mol. The molecule has 0 unspecified atom stereocenters. The Bertz CT molecular complexity index is 3790. The number of rotatable bonds is 6. The largest absolute Gasteiger partial charge is 0.309 e. The zero-order chi connectivity index (χ0) is 41.4. The second-order valence-electron chi connectivity index (χ2n) is 16.0. The highest BCUT2D eigenvalue weighted by molar-refractivity contribution is 6.28. The lowest BCUT2D eigenvalue weighted by Gasteiger charge is -2.16. The standard InChI is InChI=1S/C57H36N6/c1-4-19-37(20-5-1)40-25-18-26-41(35-40)61-47-31-14-12-29-44(47)46-36-51(62-48-32-15-10-27-42(48)43-28-11-16-33-49(43)62)54-52(53(46)61)45-30-13-17-34-50(45)63(54)57-59-55(38-21-6-2-7-22-38)58-56(60-57)39-23-8-3-9-24-39/h1-36H. The van der Waals surface area contributed by atoms with Gasteiger partial charge in [-0.15, -0.1) is 0 Å². The summed E-state index contributed by atoms with van der Waals surface area (Å²) in [5, 5.41) is 6.95. The molecule has 0 aliphatic heterocycles. The van der Waals surface area contributed by atoms with E-state index in [0.717, 1.165) is 77.3 Å². The SMILES string of the molecule is c1ccc(-c2cccc(-n3c4ccccc4c4cc(-n5c6ccccc6c6ccccc65)c5c(c6ccccc6n5-c5nc(-c6ccccc6)nc(-c6ccccc6)n5)c43)c2)cc1. The molecule has 0 radical (unpaired) electrons. The van der Waals surface area contributed by atoms with Crippen LogP contribution in [0.3, 0.4) is 0 Å². The quantitative estimate of drug-likeness (QED) is 0.168. The summed E-state index contributed by atoms with van der Waals surface area (Å²) in [4.78, 5) is 15.9. The van der Waals surface area contributed by atoms with E-state index < -0.39 is 0 Å². The first-order chi connectivity index (χ1) is 31.3. The van der Waals surface area contributed by atoms with E-state index in [9.17, 15) is 0 Å². The van der Waals surface area contributed by atoms with Gasteiger partial charge >= 0.3 is 0 Å². The molecule has 0 amide bonds. The number of nitrogens with zero attached hydrogens (tertiary/aromatic N) is 6. The first-order valence-corrected chi connectivity index (χ1v) is 21.3. The van der Waals surface area contributed by atoms with Gasteiger partial charge in [0.05, 0.1) is 38.8 Å². The van der Waals surface area contributed by atoms with Crippen LogP contribution in [0, 0.1) is 0 Å². The van der Waals surface area contributed by atoms with Crippen LogP contribution in [0.2, 0.25) is 0 Å². The van der Waals surface area contributed by atoms with Gasteiger partial charge in [0.1, 0.15) is 0 Å². The van der Waals surface area contributed by atoms with Gasteiger partial charge in [0.15, 0.2) is 11.6 Å². The Kier molecular flexibility index (Phi) is 7.80. The summed E-state index contributed by atoms with van der Waals surface area (Å²) in [6, 6.07) is 77.4. The van der Waals surface area contributed by atoms with Crippen LogP contribution in [0.1, 0.15) is 0 Å². The van der Waals surface area contributed by atoms with E-state index in [-0.39, 0.29) is 0 Å². The van der Waals surface area contributed by atoms with Gasteiger partial charge in [0, 0.05) is 49.1 Å². The van der Waals surface area contributed by atoms with Crippen molar-refractivity contribution in [2.75, 3.05) is 0 Å². The topological polar surface area (TPSA) is 53.5 Å². The van der Waals surface area contributed by atoms with Crippen LogP contribution < -0.4 is 0 Å². The average molecular weight is 805 g/mol. The van der Waals surface area contributed by atoms with E-state index in [0.29, 0.717) is 17.6 Å². The number of hydrogen-bond donors (Lipinski definition) is 0.